The number of phenolic OH excluding ortho intramolecular Hbond substituents is 1. The molecule has 0 saturated carbocycles. The predicted molar refractivity (Wildman–Crippen MR) is 69.3 cm³/mol. The Balaban J connectivity index is 1.66. The molecule has 1 saturated heterocycles. The minimum atomic E-state index is -0.144. The van der Waals surface area contributed by atoms with E-state index in [2.05, 4.69) is 16.0 Å². The Morgan fingerprint density at radius 2 is 2.11 bits per heavy atom. The fourth-order valence-electron chi connectivity index (χ4n) is 1.98. The maximum absolute atomic E-state index is 11.5. The summed E-state index contributed by atoms with van der Waals surface area (Å²) in [5.41, 5.74) is 0.963. The van der Waals surface area contributed by atoms with Crippen molar-refractivity contribution in [3.63, 3.8) is 0 Å². The molecule has 5 nitrogen and oxygen atoms in total. The first-order valence-electron chi connectivity index (χ1n) is 6.24. The Morgan fingerprint density at radius 3 is 2.78 bits per heavy atom. The highest BCUT2D eigenvalue weighted by atomic mass is 16.3. The molecule has 5 heteroatoms. The average Bonchev–Trinajstić information content (AvgIpc) is 2.89. The van der Waals surface area contributed by atoms with Gasteiger partial charge in [-0.15, -0.1) is 0 Å². The van der Waals surface area contributed by atoms with Crippen LogP contribution in [0.3, 0.4) is 0 Å². The highest BCUT2D eigenvalue weighted by molar-refractivity contribution is 5.73. The number of phenols is 1. The molecule has 1 heterocycles. The van der Waals surface area contributed by atoms with E-state index in [0.717, 1.165) is 25.1 Å². The van der Waals surface area contributed by atoms with Crippen LogP contribution in [0.2, 0.25) is 0 Å². The summed E-state index contributed by atoms with van der Waals surface area (Å²) in [5.74, 6) is 0.779. The second-order valence-corrected chi connectivity index (χ2v) is 4.59. The van der Waals surface area contributed by atoms with Crippen LogP contribution in [0, 0.1) is 5.92 Å². The molecule has 1 aromatic rings. The average molecular weight is 249 g/mol. The van der Waals surface area contributed by atoms with Gasteiger partial charge in [0.1, 0.15) is 5.75 Å². The third-order valence-electron chi connectivity index (χ3n) is 3.10. The van der Waals surface area contributed by atoms with Crippen LogP contribution in [0.1, 0.15) is 12.0 Å². The normalized spacial score (nSPS) is 18.6. The van der Waals surface area contributed by atoms with Crippen molar-refractivity contribution in [1.82, 2.24) is 16.0 Å². The summed E-state index contributed by atoms with van der Waals surface area (Å²) >= 11 is 0. The molecule has 1 unspecified atom stereocenters. The van der Waals surface area contributed by atoms with Gasteiger partial charge in [-0.3, -0.25) is 0 Å². The molecule has 4 N–H and O–H groups in total. The number of carbonyl (C=O) groups excluding carboxylic acids is 1. The van der Waals surface area contributed by atoms with Crippen molar-refractivity contribution in [3.05, 3.63) is 29.8 Å². The smallest absolute Gasteiger partial charge is 0.315 e. The third kappa shape index (κ3) is 3.92. The maximum Gasteiger partial charge on any atom is 0.315 e. The summed E-state index contributed by atoms with van der Waals surface area (Å²) in [5, 5.41) is 18.1. The summed E-state index contributed by atoms with van der Waals surface area (Å²) in [7, 11) is 0. The zero-order valence-corrected chi connectivity index (χ0v) is 10.3. The lowest BCUT2D eigenvalue weighted by Crippen LogP contribution is -2.38. The van der Waals surface area contributed by atoms with Gasteiger partial charge in [0.2, 0.25) is 0 Å². The van der Waals surface area contributed by atoms with Gasteiger partial charge < -0.3 is 21.1 Å². The molecule has 18 heavy (non-hydrogen) atoms. The summed E-state index contributed by atoms with van der Waals surface area (Å²) in [6.45, 7) is 3.21. The van der Waals surface area contributed by atoms with Gasteiger partial charge in [-0.2, -0.15) is 0 Å². The van der Waals surface area contributed by atoms with Gasteiger partial charge in [0, 0.05) is 13.1 Å². The van der Waals surface area contributed by atoms with E-state index in [1.807, 2.05) is 0 Å². The largest absolute Gasteiger partial charge is 0.508 e. The van der Waals surface area contributed by atoms with Crippen LogP contribution in [0.15, 0.2) is 24.3 Å². The van der Waals surface area contributed by atoms with Crippen LogP contribution in [0.25, 0.3) is 0 Å². The number of aromatic hydroxyl groups is 1. The molecular formula is C13H19N3O2. The molecule has 2 rings (SSSR count). The van der Waals surface area contributed by atoms with Crippen molar-refractivity contribution in [2.75, 3.05) is 19.6 Å². The van der Waals surface area contributed by atoms with Gasteiger partial charge >= 0.3 is 6.03 Å². The first-order chi connectivity index (χ1) is 8.74. The number of carbonyl (C=O) groups is 1. The third-order valence-corrected chi connectivity index (χ3v) is 3.10. The van der Waals surface area contributed by atoms with Crippen molar-refractivity contribution in [2.24, 2.45) is 5.92 Å². The minimum Gasteiger partial charge on any atom is -0.508 e. The first-order valence-corrected chi connectivity index (χ1v) is 6.24. The van der Waals surface area contributed by atoms with Gasteiger partial charge in [-0.1, -0.05) is 12.1 Å². The van der Waals surface area contributed by atoms with Crippen LogP contribution in [-0.2, 0) is 6.54 Å². The van der Waals surface area contributed by atoms with Crippen LogP contribution >= 0.6 is 0 Å². The van der Waals surface area contributed by atoms with E-state index in [0.29, 0.717) is 19.0 Å². The number of nitrogens with one attached hydrogen (secondary N) is 3. The van der Waals surface area contributed by atoms with Gasteiger partial charge in [-0.25, -0.2) is 4.79 Å². The Hall–Kier alpha value is -1.75. The number of hydrogen-bond acceptors (Lipinski definition) is 3. The number of benzene rings is 1. The molecule has 1 aromatic carbocycles. The van der Waals surface area contributed by atoms with Crippen molar-refractivity contribution >= 4 is 6.03 Å². The summed E-state index contributed by atoms with van der Waals surface area (Å²) < 4.78 is 0. The molecule has 1 atom stereocenters. The maximum atomic E-state index is 11.5. The van der Waals surface area contributed by atoms with Crippen LogP contribution in [-0.4, -0.2) is 30.8 Å². The highest BCUT2D eigenvalue weighted by Gasteiger charge is 2.14. The fraction of sp³-hybridized carbons (Fsp3) is 0.462. The van der Waals surface area contributed by atoms with Crippen LogP contribution in [0.4, 0.5) is 4.79 Å². The number of amides is 2. The zero-order valence-electron chi connectivity index (χ0n) is 10.3. The lowest BCUT2D eigenvalue weighted by atomic mass is 10.1. The Bertz CT molecular complexity index is 386. The molecule has 98 valence electrons. The standard InChI is InChI=1S/C13H19N3O2/c17-12-3-1-10(2-4-12)8-15-13(18)16-9-11-5-6-14-7-11/h1-4,11,14,17H,5-9H2,(H2,15,16,18). The second-order valence-electron chi connectivity index (χ2n) is 4.59. The van der Waals surface area contributed by atoms with E-state index in [1.165, 1.54) is 0 Å². The molecule has 0 radical (unpaired) electrons. The summed E-state index contributed by atoms with van der Waals surface area (Å²) in [6.07, 6.45) is 1.12. The predicted octanol–water partition coefficient (Wildman–Crippen LogP) is 0.801. The van der Waals surface area contributed by atoms with Crippen molar-refractivity contribution < 1.29 is 9.90 Å². The lowest BCUT2D eigenvalue weighted by molar-refractivity contribution is 0.239. The molecule has 0 bridgehead atoms. The van der Waals surface area contributed by atoms with E-state index >= 15 is 0 Å². The van der Waals surface area contributed by atoms with E-state index < -0.39 is 0 Å². The Kier molecular flexibility index (Phi) is 4.41. The number of hydrogen-bond donors (Lipinski definition) is 4. The van der Waals surface area contributed by atoms with Gasteiger partial charge in [-0.05, 0) is 43.1 Å². The molecule has 0 aromatic heterocycles. The second kappa shape index (κ2) is 6.26. The number of urea groups is 1. The topological polar surface area (TPSA) is 73.4 Å². The molecule has 0 spiro atoms. The SMILES string of the molecule is O=C(NCc1ccc(O)cc1)NCC1CCNC1. The molecule has 1 aliphatic heterocycles. The quantitative estimate of drug-likeness (QED) is 0.638. The van der Waals surface area contributed by atoms with E-state index in [-0.39, 0.29) is 11.8 Å². The van der Waals surface area contributed by atoms with Crippen molar-refractivity contribution in [1.29, 1.82) is 0 Å². The highest BCUT2D eigenvalue weighted by Crippen LogP contribution is 2.09. The van der Waals surface area contributed by atoms with E-state index in [1.54, 1.807) is 24.3 Å². The van der Waals surface area contributed by atoms with Crippen LogP contribution < -0.4 is 16.0 Å². The van der Waals surface area contributed by atoms with Crippen LogP contribution in [0.5, 0.6) is 5.75 Å². The summed E-state index contributed by atoms with van der Waals surface area (Å²) in [4.78, 5) is 11.5. The fourth-order valence-corrected chi connectivity index (χ4v) is 1.98. The first kappa shape index (κ1) is 12.7. The zero-order chi connectivity index (χ0) is 12.8. The molecular weight excluding hydrogens is 230 g/mol. The Labute approximate surface area is 107 Å². The lowest BCUT2D eigenvalue weighted by Gasteiger charge is -2.11. The minimum absolute atomic E-state index is 0.144. The van der Waals surface area contributed by atoms with Gasteiger partial charge in [0.05, 0.1) is 0 Å². The van der Waals surface area contributed by atoms with Gasteiger partial charge in [0.25, 0.3) is 0 Å². The molecule has 1 fully saturated rings. The van der Waals surface area contributed by atoms with Crippen molar-refractivity contribution in [3.8, 4) is 5.75 Å². The Morgan fingerprint density at radius 1 is 1.33 bits per heavy atom. The number of rotatable bonds is 4. The summed E-state index contributed by atoms with van der Waals surface area (Å²) in [6, 6.07) is 6.65. The molecule has 2 amide bonds. The molecule has 1 aliphatic rings. The monoisotopic (exact) mass is 249 g/mol. The van der Waals surface area contributed by atoms with Gasteiger partial charge in [0.15, 0.2) is 0 Å². The molecule has 0 aliphatic carbocycles. The van der Waals surface area contributed by atoms with E-state index in [9.17, 15) is 4.79 Å². The van der Waals surface area contributed by atoms with Crippen molar-refractivity contribution in [2.45, 2.75) is 13.0 Å². The van der Waals surface area contributed by atoms with E-state index in [4.69, 9.17) is 5.11 Å².